The first-order valence-corrected chi connectivity index (χ1v) is 11.3. The van der Waals surface area contributed by atoms with E-state index in [1.807, 2.05) is 0 Å². The van der Waals surface area contributed by atoms with Gasteiger partial charge in [0, 0.05) is 23.9 Å². The van der Waals surface area contributed by atoms with Gasteiger partial charge in [0.15, 0.2) is 11.6 Å². The molecule has 1 aromatic heterocycles. The molecule has 0 atom stereocenters. The highest BCUT2D eigenvalue weighted by molar-refractivity contribution is 5.99. The quantitative estimate of drug-likeness (QED) is 0.324. The maximum atomic E-state index is 6.79. The first-order valence-electron chi connectivity index (χ1n) is 11.3. The summed E-state index contributed by atoms with van der Waals surface area (Å²) in [6.07, 6.45) is 1.61. The van der Waals surface area contributed by atoms with E-state index < -0.39 is 0 Å². The minimum atomic E-state index is 0.571. The van der Waals surface area contributed by atoms with Crippen molar-refractivity contribution in [2.24, 2.45) is 0 Å². The summed E-state index contributed by atoms with van der Waals surface area (Å²) in [5, 5.41) is 4.71. The third-order valence-corrected chi connectivity index (χ3v) is 6.10. The summed E-state index contributed by atoms with van der Waals surface area (Å²) < 4.78 is 0. The summed E-state index contributed by atoms with van der Waals surface area (Å²) in [5.41, 5.74) is 9.53. The summed E-state index contributed by atoms with van der Waals surface area (Å²) in [6, 6.07) is 29.4. The average molecular weight is 434 g/mol. The molecule has 0 aliphatic heterocycles. The second kappa shape index (κ2) is 8.79. The lowest BCUT2D eigenvalue weighted by Gasteiger charge is -2.29. The molecule has 0 radical (unpaired) electrons. The number of nitrogens with zero attached hydrogens (tertiary/aromatic N) is 4. The Hall–Kier alpha value is -4.12. The van der Waals surface area contributed by atoms with Crippen LogP contribution in [0.4, 0.5) is 28.7 Å². The Bertz CT molecular complexity index is 1310. The van der Waals surface area contributed by atoms with Gasteiger partial charge in [-0.3, -0.25) is 0 Å². The minimum absolute atomic E-state index is 0.571. The van der Waals surface area contributed by atoms with Crippen molar-refractivity contribution in [3.63, 3.8) is 0 Å². The Morgan fingerprint density at radius 2 is 1.03 bits per heavy atom. The van der Waals surface area contributed by atoms with Crippen molar-refractivity contribution >= 4 is 50.2 Å². The Labute approximate surface area is 194 Å². The monoisotopic (exact) mass is 433 g/mol. The molecule has 33 heavy (non-hydrogen) atoms. The van der Waals surface area contributed by atoms with Crippen molar-refractivity contribution in [1.29, 1.82) is 0 Å². The number of hydrogen-bond acceptors (Lipinski definition) is 5. The van der Waals surface area contributed by atoms with E-state index in [1.165, 1.54) is 21.5 Å². The van der Waals surface area contributed by atoms with E-state index in [4.69, 9.17) is 5.73 Å². The van der Waals surface area contributed by atoms with E-state index in [-0.39, 0.29) is 0 Å². The molecule has 1 heterocycles. The standard InChI is InChI=1S/C28H27N5/c1-3-32(24-17-9-13-20-11-5-7-15-22(20)24)27-26(29)28(31-19-30-27)33(4-2)25-18-10-14-21-12-6-8-16-23(21)25/h5-19H,3-4,29H2,1-2H3. The zero-order valence-electron chi connectivity index (χ0n) is 18.9. The van der Waals surface area contributed by atoms with Crippen LogP contribution in [0.5, 0.6) is 0 Å². The van der Waals surface area contributed by atoms with E-state index in [0.29, 0.717) is 5.69 Å². The second-order valence-electron chi connectivity index (χ2n) is 7.92. The van der Waals surface area contributed by atoms with Crippen molar-refractivity contribution in [3.05, 3.63) is 91.3 Å². The van der Waals surface area contributed by atoms with Gasteiger partial charge in [-0.15, -0.1) is 0 Å². The summed E-state index contributed by atoms with van der Waals surface area (Å²) in [5.74, 6) is 1.44. The lowest BCUT2D eigenvalue weighted by molar-refractivity contribution is 0.953. The summed E-state index contributed by atoms with van der Waals surface area (Å²) in [7, 11) is 0. The van der Waals surface area contributed by atoms with Gasteiger partial charge in [0.25, 0.3) is 0 Å². The van der Waals surface area contributed by atoms with Crippen LogP contribution in [0.2, 0.25) is 0 Å². The third kappa shape index (κ3) is 3.61. The van der Waals surface area contributed by atoms with Crippen LogP contribution < -0.4 is 15.5 Å². The maximum absolute atomic E-state index is 6.79. The Kier molecular flexibility index (Phi) is 5.53. The Balaban J connectivity index is 1.65. The minimum Gasteiger partial charge on any atom is -0.393 e. The summed E-state index contributed by atoms with van der Waals surface area (Å²) in [6.45, 7) is 5.70. The molecule has 5 nitrogen and oxygen atoms in total. The van der Waals surface area contributed by atoms with Gasteiger partial charge in [-0.25, -0.2) is 9.97 Å². The topological polar surface area (TPSA) is 58.3 Å². The van der Waals surface area contributed by atoms with Crippen molar-refractivity contribution in [2.75, 3.05) is 28.6 Å². The number of hydrogen-bond donors (Lipinski definition) is 1. The van der Waals surface area contributed by atoms with Gasteiger partial charge in [-0.2, -0.15) is 0 Å². The molecule has 5 heteroatoms. The van der Waals surface area contributed by atoms with E-state index in [9.17, 15) is 0 Å². The smallest absolute Gasteiger partial charge is 0.161 e. The molecule has 164 valence electrons. The first-order chi connectivity index (χ1) is 16.2. The number of anilines is 5. The van der Waals surface area contributed by atoms with Crippen LogP contribution >= 0.6 is 0 Å². The van der Waals surface area contributed by atoms with Crippen LogP contribution in [0.25, 0.3) is 21.5 Å². The number of fused-ring (bicyclic) bond motifs is 2. The summed E-state index contributed by atoms with van der Waals surface area (Å²) in [4.78, 5) is 13.6. The molecule has 0 bridgehead atoms. The lowest BCUT2D eigenvalue weighted by atomic mass is 10.1. The van der Waals surface area contributed by atoms with Crippen LogP contribution in [0, 0.1) is 0 Å². The number of rotatable bonds is 6. The Morgan fingerprint density at radius 3 is 1.48 bits per heavy atom. The van der Waals surface area contributed by atoms with Crippen molar-refractivity contribution in [1.82, 2.24) is 9.97 Å². The van der Waals surface area contributed by atoms with Crippen molar-refractivity contribution < 1.29 is 0 Å². The molecule has 0 amide bonds. The predicted octanol–water partition coefficient (Wildman–Crippen LogP) is 6.68. The van der Waals surface area contributed by atoms with Gasteiger partial charge < -0.3 is 15.5 Å². The highest BCUT2D eigenvalue weighted by Gasteiger charge is 2.21. The zero-order chi connectivity index (χ0) is 22.8. The first kappa shape index (κ1) is 20.8. The number of benzene rings is 4. The lowest BCUT2D eigenvalue weighted by Crippen LogP contribution is -2.23. The fourth-order valence-corrected chi connectivity index (χ4v) is 4.56. The fourth-order valence-electron chi connectivity index (χ4n) is 4.56. The molecule has 5 rings (SSSR count). The number of nitrogens with two attached hydrogens (primary N) is 1. The van der Waals surface area contributed by atoms with Crippen LogP contribution in [0.1, 0.15) is 13.8 Å². The van der Waals surface area contributed by atoms with E-state index >= 15 is 0 Å². The molecule has 0 spiro atoms. The van der Waals surface area contributed by atoms with E-state index in [0.717, 1.165) is 36.1 Å². The molecular weight excluding hydrogens is 406 g/mol. The largest absolute Gasteiger partial charge is 0.393 e. The van der Waals surface area contributed by atoms with Crippen LogP contribution in [-0.4, -0.2) is 23.1 Å². The van der Waals surface area contributed by atoms with Crippen LogP contribution in [0.15, 0.2) is 91.3 Å². The van der Waals surface area contributed by atoms with Gasteiger partial charge in [0.1, 0.15) is 12.0 Å². The molecule has 0 unspecified atom stereocenters. The molecule has 0 fully saturated rings. The van der Waals surface area contributed by atoms with Crippen molar-refractivity contribution in [3.8, 4) is 0 Å². The number of nitrogen functional groups attached to an aromatic ring is 1. The van der Waals surface area contributed by atoms with Gasteiger partial charge >= 0.3 is 0 Å². The predicted molar refractivity (Wildman–Crippen MR) is 140 cm³/mol. The summed E-state index contributed by atoms with van der Waals surface area (Å²) >= 11 is 0. The Morgan fingerprint density at radius 1 is 0.606 bits per heavy atom. The fraction of sp³-hybridized carbons (Fsp3) is 0.143. The SMILES string of the molecule is CCN(c1ncnc(N(CC)c2cccc3ccccc23)c1N)c1cccc2ccccc12. The molecule has 0 saturated heterocycles. The molecule has 5 aromatic rings. The van der Waals surface area contributed by atoms with E-state index in [2.05, 4.69) is 119 Å². The number of aromatic nitrogens is 2. The molecular formula is C28H27N5. The van der Waals surface area contributed by atoms with Gasteiger partial charge in [-0.1, -0.05) is 72.8 Å². The molecule has 0 aliphatic rings. The highest BCUT2D eigenvalue weighted by atomic mass is 15.3. The van der Waals surface area contributed by atoms with Gasteiger partial charge in [0.2, 0.25) is 0 Å². The average Bonchev–Trinajstić information content (AvgIpc) is 2.87. The normalized spacial score (nSPS) is 11.1. The molecule has 2 N–H and O–H groups in total. The van der Waals surface area contributed by atoms with Gasteiger partial charge in [-0.05, 0) is 36.8 Å². The van der Waals surface area contributed by atoms with Crippen LogP contribution in [0.3, 0.4) is 0 Å². The third-order valence-electron chi connectivity index (χ3n) is 6.10. The zero-order valence-corrected chi connectivity index (χ0v) is 18.9. The van der Waals surface area contributed by atoms with E-state index in [1.54, 1.807) is 6.33 Å². The maximum Gasteiger partial charge on any atom is 0.161 e. The molecule has 0 saturated carbocycles. The molecule has 0 aliphatic carbocycles. The highest BCUT2D eigenvalue weighted by Crippen LogP contribution is 2.39. The van der Waals surface area contributed by atoms with Crippen molar-refractivity contribution in [2.45, 2.75) is 13.8 Å². The second-order valence-corrected chi connectivity index (χ2v) is 7.92. The molecule has 4 aromatic carbocycles. The van der Waals surface area contributed by atoms with Gasteiger partial charge in [0.05, 0.1) is 11.4 Å². The van der Waals surface area contributed by atoms with Crippen LogP contribution in [-0.2, 0) is 0 Å².